The molecule has 0 saturated carbocycles. The maximum Gasteiger partial charge on any atom is 0.0547 e. The monoisotopic (exact) mass is 864 g/mol. The summed E-state index contributed by atoms with van der Waals surface area (Å²) >= 11 is 0. The van der Waals surface area contributed by atoms with Gasteiger partial charge in [-0.1, -0.05) is 206 Å². The van der Waals surface area contributed by atoms with E-state index in [0.717, 1.165) is 33.9 Å². The van der Waals surface area contributed by atoms with Crippen molar-refractivity contribution < 1.29 is 0 Å². The Hall–Kier alpha value is -8.98. The van der Waals surface area contributed by atoms with Gasteiger partial charge in [0.05, 0.1) is 22.4 Å². The van der Waals surface area contributed by atoms with Gasteiger partial charge in [-0.05, 0) is 126 Å². The van der Waals surface area contributed by atoms with Crippen LogP contribution in [-0.4, -0.2) is 4.57 Å². The molecule has 0 atom stereocenters. The molecule has 0 aliphatic carbocycles. The standard InChI is InChI=1S/C66H44N2/c1-3-18-45(19-4-1)55-26-13-15-31-62(55)67(52-38-34-47(35-39-52)60-43-51-24-9-10-25-54(51)57-27-11-12-28-58(57)60)53-40-36-48(37-41-53)66-56(46-20-5-2-6-21-46)30-17-33-64(66)68-63-32-16-14-29-59(63)61-42-49-22-7-8-23-50(49)44-65(61)68/h1-44H. The topological polar surface area (TPSA) is 8.17 Å². The number of para-hydroxylation sites is 2. The van der Waals surface area contributed by atoms with Crippen LogP contribution in [0.2, 0.25) is 0 Å². The van der Waals surface area contributed by atoms with Crippen molar-refractivity contribution in [3.05, 3.63) is 267 Å². The van der Waals surface area contributed by atoms with E-state index in [1.54, 1.807) is 0 Å². The molecular weight excluding hydrogens is 821 g/mol. The third-order valence-electron chi connectivity index (χ3n) is 13.8. The zero-order chi connectivity index (χ0) is 45.0. The number of aromatic nitrogens is 1. The van der Waals surface area contributed by atoms with Crippen molar-refractivity contribution in [1.29, 1.82) is 0 Å². The number of hydrogen-bond donors (Lipinski definition) is 0. The van der Waals surface area contributed by atoms with Gasteiger partial charge in [0.2, 0.25) is 0 Å². The fourth-order valence-electron chi connectivity index (χ4n) is 10.6. The lowest BCUT2D eigenvalue weighted by Gasteiger charge is -2.28. The number of benzene rings is 12. The Bertz CT molecular complexity index is 4000. The van der Waals surface area contributed by atoms with Crippen LogP contribution in [-0.2, 0) is 0 Å². The molecule has 13 aromatic rings. The molecular formula is C66H44N2. The van der Waals surface area contributed by atoms with Gasteiger partial charge in [0.25, 0.3) is 0 Å². The van der Waals surface area contributed by atoms with Crippen LogP contribution in [0.3, 0.4) is 0 Å². The molecule has 0 unspecified atom stereocenters. The molecule has 318 valence electrons. The zero-order valence-corrected chi connectivity index (χ0v) is 37.3. The maximum atomic E-state index is 2.48. The van der Waals surface area contributed by atoms with Crippen molar-refractivity contribution in [1.82, 2.24) is 4.57 Å². The van der Waals surface area contributed by atoms with Crippen LogP contribution in [0.25, 0.3) is 104 Å². The van der Waals surface area contributed by atoms with E-state index in [1.807, 2.05) is 0 Å². The molecule has 0 fully saturated rings. The molecule has 0 amide bonds. The van der Waals surface area contributed by atoms with Gasteiger partial charge in [-0.2, -0.15) is 0 Å². The van der Waals surface area contributed by atoms with Gasteiger partial charge in [-0.25, -0.2) is 0 Å². The molecule has 0 aliphatic rings. The Labute approximate surface area is 395 Å². The molecule has 1 heterocycles. The number of rotatable bonds is 8. The number of fused-ring (bicyclic) bond motifs is 7. The van der Waals surface area contributed by atoms with Gasteiger partial charge in [-0.15, -0.1) is 0 Å². The minimum absolute atomic E-state index is 1.07. The van der Waals surface area contributed by atoms with E-state index in [-0.39, 0.29) is 0 Å². The van der Waals surface area contributed by atoms with Crippen molar-refractivity contribution in [2.24, 2.45) is 0 Å². The summed E-state index contributed by atoms with van der Waals surface area (Å²) in [6.07, 6.45) is 0. The second-order valence-corrected chi connectivity index (χ2v) is 17.6. The highest BCUT2D eigenvalue weighted by Gasteiger charge is 2.22. The smallest absolute Gasteiger partial charge is 0.0547 e. The second-order valence-electron chi connectivity index (χ2n) is 17.6. The summed E-state index contributed by atoms with van der Waals surface area (Å²) in [5.74, 6) is 0. The van der Waals surface area contributed by atoms with Crippen LogP contribution in [0.1, 0.15) is 0 Å². The van der Waals surface area contributed by atoms with Gasteiger partial charge in [0.15, 0.2) is 0 Å². The van der Waals surface area contributed by atoms with Gasteiger partial charge in [0, 0.05) is 33.3 Å². The van der Waals surface area contributed by atoms with Crippen LogP contribution in [0.15, 0.2) is 267 Å². The normalized spacial score (nSPS) is 11.5. The summed E-state index contributed by atoms with van der Waals surface area (Å²) in [6, 6.07) is 97.5. The first-order chi connectivity index (χ1) is 33.7. The molecule has 12 aromatic carbocycles. The van der Waals surface area contributed by atoms with Crippen LogP contribution in [0.5, 0.6) is 0 Å². The summed E-state index contributed by atoms with van der Waals surface area (Å²) < 4.78 is 2.48. The van der Waals surface area contributed by atoms with E-state index < -0.39 is 0 Å². The van der Waals surface area contributed by atoms with Gasteiger partial charge in [0.1, 0.15) is 0 Å². The van der Waals surface area contributed by atoms with E-state index in [0.29, 0.717) is 0 Å². The predicted molar refractivity (Wildman–Crippen MR) is 290 cm³/mol. The highest BCUT2D eigenvalue weighted by Crippen LogP contribution is 2.46. The predicted octanol–water partition coefficient (Wildman–Crippen LogP) is 18.4. The first-order valence-electron chi connectivity index (χ1n) is 23.4. The Morgan fingerprint density at radius 1 is 0.265 bits per heavy atom. The lowest BCUT2D eigenvalue weighted by molar-refractivity contribution is 1.18. The van der Waals surface area contributed by atoms with Gasteiger partial charge in [-0.3, -0.25) is 0 Å². The van der Waals surface area contributed by atoms with E-state index in [1.165, 1.54) is 87.5 Å². The molecule has 2 heteroatoms. The summed E-state index contributed by atoms with van der Waals surface area (Å²) in [7, 11) is 0. The van der Waals surface area contributed by atoms with E-state index in [2.05, 4.69) is 276 Å². The molecule has 0 saturated heterocycles. The van der Waals surface area contributed by atoms with E-state index >= 15 is 0 Å². The van der Waals surface area contributed by atoms with Gasteiger partial charge < -0.3 is 9.47 Å². The van der Waals surface area contributed by atoms with E-state index in [9.17, 15) is 0 Å². The Kier molecular flexibility index (Phi) is 9.54. The second kappa shape index (κ2) is 16.5. The summed E-state index contributed by atoms with van der Waals surface area (Å²) in [5, 5.41) is 10.0. The van der Waals surface area contributed by atoms with Crippen LogP contribution in [0.4, 0.5) is 17.1 Å². The summed E-state index contributed by atoms with van der Waals surface area (Å²) in [5.41, 5.74) is 16.2. The first kappa shape index (κ1) is 39.4. The quantitative estimate of drug-likeness (QED) is 0.138. The molecule has 0 spiro atoms. The largest absolute Gasteiger partial charge is 0.310 e. The van der Waals surface area contributed by atoms with Crippen LogP contribution >= 0.6 is 0 Å². The van der Waals surface area contributed by atoms with Crippen molar-refractivity contribution in [2.75, 3.05) is 4.90 Å². The van der Waals surface area contributed by atoms with Crippen molar-refractivity contribution in [3.63, 3.8) is 0 Å². The molecule has 0 N–H and O–H groups in total. The highest BCUT2D eigenvalue weighted by molar-refractivity contribution is 6.15. The number of anilines is 3. The molecule has 68 heavy (non-hydrogen) atoms. The molecule has 0 radical (unpaired) electrons. The van der Waals surface area contributed by atoms with Crippen molar-refractivity contribution in [2.45, 2.75) is 0 Å². The molecule has 2 nitrogen and oxygen atoms in total. The van der Waals surface area contributed by atoms with Crippen LogP contribution < -0.4 is 4.90 Å². The number of hydrogen-bond acceptors (Lipinski definition) is 1. The Morgan fingerprint density at radius 3 is 1.50 bits per heavy atom. The molecule has 0 aliphatic heterocycles. The lowest BCUT2D eigenvalue weighted by Crippen LogP contribution is -2.11. The molecule has 13 rings (SSSR count). The summed E-state index contributed by atoms with van der Waals surface area (Å²) in [4.78, 5) is 2.41. The first-order valence-corrected chi connectivity index (χ1v) is 23.4. The SMILES string of the molecule is c1ccc(-c2ccccc2N(c2ccc(-c3c(-c4ccccc4)cccc3-n3c4ccccc4c4cc5ccccc5cc43)cc2)c2ccc(-c3cc4ccccc4c4ccccc34)cc2)cc1. The third-order valence-corrected chi connectivity index (χ3v) is 13.8. The fraction of sp³-hybridized carbons (Fsp3) is 0. The fourth-order valence-corrected chi connectivity index (χ4v) is 10.6. The Balaban J connectivity index is 0.994. The third kappa shape index (κ3) is 6.65. The molecule has 1 aromatic heterocycles. The van der Waals surface area contributed by atoms with E-state index in [4.69, 9.17) is 0 Å². The van der Waals surface area contributed by atoms with Crippen molar-refractivity contribution >= 4 is 71.2 Å². The van der Waals surface area contributed by atoms with Crippen molar-refractivity contribution in [3.8, 4) is 50.2 Å². The average Bonchev–Trinajstić information content (AvgIpc) is 3.73. The molecule has 0 bridgehead atoms. The minimum atomic E-state index is 1.07. The summed E-state index contributed by atoms with van der Waals surface area (Å²) in [6.45, 7) is 0. The van der Waals surface area contributed by atoms with Gasteiger partial charge >= 0.3 is 0 Å². The minimum Gasteiger partial charge on any atom is -0.310 e. The lowest BCUT2D eigenvalue weighted by atomic mass is 9.92. The highest BCUT2D eigenvalue weighted by atomic mass is 15.1. The maximum absolute atomic E-state index is 2.48. The average molecular weight is 865 g/mol. The zero-order valence-electron chi connectivity index (χ0n) is 37.3. The Morgan fingerprint density at radius 2 is 0.779 bits per heavy atom. The number of nitrogens with zero attached hydrogens (tertiary/aromatic N) is 2. The van der Waals surface area contributed by atoms with Crippen LogP contribution in [0, 0.1) is 0 Å².